The highest BCUT2D eigenvalue weighted by atomic mass is 32.2. The molecule has 0 aromatic heterocycles. The monoisotopic (exact) mass is 268 g/mol. The average molecular weight is 268 g/mol. The summed E-state index contributed by atoms with van der Waals surface area (Å²) in [6.07, 6.45) is 0. The second kappa shape index (κ2) is 4.90. The zero-order valence-electron chi connectivity index (χ0n) is 10.9. The zero-order valence-corrected chi connectivity index (χ0v) is 11.7. The number of hydrogen-bond donors (Lipinski definition) is 1. The van der Waals surface area contributed by atoms with E-state index in [1.54, 1.807) is 0 Å². The number of benzene rings is 1. The van der Waals surface area contributed by atoms with Gasteiger partial charge in [-0.3, -0.25) is 0 Å². The summed E-state index contributed by atoms with van der Waals surface area (Å²) < 4.78 is 23.6. The van der Waals surface area contributed by atoms with Crippen LogP contribution in [0.3, 0.4) is 0 Å². The van der Waals surface area contributed by atoms with Crippen LogP contribution in [-0.4, -0.2) is 39.1 Å². The first-order valence-electron chi connectivity index (χ1n) is 6.18. The standard InChI is InChI=1S/C13H20N2O2S/c1-10-3-4-12(7-11(10)2)15-5-6-18(16,17)13(8-14)9-15/h3-4,7,13H,5-6,8-9,14H2,1-2H3. The molecule has 0 amide bonds. The minimum Gasteiger partial charge on any atom is -0.369 e. The minimum atomic E-state index is -3.00. The molecule has 100 valence electrons. The van der Waals surface area contributed by atoms with Crippen LogP contribution in [0.2, 0.25) is 0 Å². The van der Waals surface area contributed by atoms with Crippen molar-refractivity contribution in [3.63, 3.8) is 0 Å². The van der Waals surface area contributed by atoms with Gasteiger partial charge in [0.1, 0.15) is 0 Å². The smallest absolute Gasteiger partial charge is 0.157 e. The van der Waals surface area contributed by atoms with E-state index in [1.165, 1.54) is 11.1 Å². The van der Waals surface area contributed by atoms with Gasteiger partial charge in [0.05, 0.1) is 11.0 Å². The van der Waals surface area contributed by atoms with E-state index >= 15 is 0 Å². The summed E-state index contributed by atoms with van der Waals surface area (Å²) in [5, 5.41) is -0.437. The molecule has 1 aromatic carbocycles. The van der Waals surface area contributed by atoms with E-state index in [1.807, 2.05) is 6.07 Å². The molecule has 2 N–H and O–H groups in total. The van der Waals surface area contributed by atoms with E-state index < -0.39 is 15.1 Å². The molecule has 1 atom stereocenters. The van der Waals surface area contributed by atoms with Crippen molar-refractivity contribution in [2.45, 2.75) is 19.1 Å². The highest BCUT2D eigenvalue weighted by molar-refractivity contribution is 7.92. The summed E-state index contributed by atoms with van der Waals surface area (Å²) in [5.74, 6) is 0.196. The molecule has 1 saturated heterocycles. The van der Waals surface area contributed by atoms with E-state index in [0.29, 0.717) is 13.1 Å². The van der Waals surface area contributed by atoms with Crippen molar-refractivity contribution in [1.82, 2.24) is 0 Å². The van der Waals surface area contributed by atoms with Gasteiger partial charge in [0.25, 0.3) is 0 Å². The van der Waals surface area contributed by atoms with Crippen molar-refractivity contribution >= 4 is 15.5 Å². The number of anilines is 1. The van der Waals surface area contributed by atoms with Crippen LogP contribution >= 0.6 is 0 Å². The predicted molar refractivity (Wildman–Crippen MR) is 74.8 cm³/mol. The van der Waals surface area contributed by atoms with Crippen molar-refractivity contribution in [1.29, 1.82) is 0 Å². The number of hydrogen-bond acceptors (Lipinski definition) is 4. The maximum absolute atomic E-state index is 11.8. The third kappa shape index (κ3) is 2.52. The summed E-state index contributed by atoms with van der Waals surface area (Å²) in [4.78, 5) is 2.12. The van der Waals surface area contributed by atoms with Crippen LogP contribution in [0, 0.1) is 13.8 Å². The molecule has 0 radical (unpaired) electrons. The summed E-state index contributed by atoms with van der Waals surface area (Å²) in [6, 6.07) is 6.24. The third-order valence-electron chi connectivity index (χ3n) is 3.70. The van der Waals surface area contributed by atoms with Crippen LogP contribution < -0.4 is 10.6 Å². The molecule has 0 bridgehead atoms. The van der Waals surface area contributed by atoms with Crippen molar-refractivity contribution in [3.05, 3.63) is 29.3 Å². The number of rotatable bonds is 2. The molecular formula is C13H20N2O2S. The molecule has 1 unspecified atom stereocenters. The van der Waals surface area contributed by atoms with Gasteiger partial charge in [-0.25, -0.2) is 8.42 Å². The van der Waals surface area contributed by atoms with Gasteiger partial charge in [-0.1, -0.05) is 6.07 Å². The van der Waals surface area contributed by atoms with Crippen molar-refractivity contribution in [2.24, 2.45) is 5.73 Å². The lowest BCUT2D eigenvalue weighted by Gasteiger charge is -2.34. The van der Waals surface area contributed by atoms with Crippen LogP contribution in [0.1, 0.15) is 11.1 Å². The van der Waals surface area contributed by atoms with Gasteiger partial charge in [-0.2, -0.15) is 0 Å². The largest absolute Gasteiger partial charge is 0.369 e. The Morgan fingerprint density at radius 3 is 2.67 bits per heavy atom. The number of aryl methyl sites for hydroxylation is 2. The van der Waals surface area contributed by atoms with Crippen LogP contribution in [0.15, 0.2) is 18.2 Å². The Bertz CT molecular complexity index is 540. The first-order valence-corrected chi connectivity index (χ1v) is 7.89. The summed E-state index contributed by atoms with van der Waals surface area (Å²) in [5.41, 5.74) is 9.13. The normalized spacial score (nSPS) is 23.1. The van der Waals surface area contributed by atoms with Gasteiger partial charge in [-0.15, -0.1) is 0 Å². The molecule has 1 heterocycles. The number of nitrogens with zero attached hydrogens (tertiary/aromatic N) is 1. The van der Waals surface area contributed by atoms with Crippen LogP contribution in [0.4, 0.5) is 5.69 Å². The molecule has 1 fully saturated rings. The number of sulfone groups is 1. The fraction of sp³-hybridized carbons (Fsp3) is 0.538. The Morgan fingerprint density at radius 1 is 1.33 bits per heavy atom. The van der Waals surface area contributed by atoms with Crippen molar-refractivity contribution in [2.75, 3.05) is 30.3 Å². The lowest BCUT2D eigenvalue weighted by molar-refractivity contribution is 0.563. The minimum absolute atomic E-state index is 0.196. The Kier molecular flexibility index (Phi) is 3.64. The predicted octanol–water partition coefficient (Wildman–Crippen LogP) is 0.866. The summed E-state index contributed by atoms with van der Waals surface area (Å²) >= 11 is 0. The molecule has 18 heavy (non-hydrogen) atoms. The molecule has 1 aromatic rings. The van der Waals surface area contributed by atoms with Crippen molar-refractivity contribution in [3.8, 4) is 0 Å². The quantitative estimate of drug-likeness (QED) is 0.864. The van der Waals surface area contributed by atoms with E-state index in [9.17, 15) is 8.42 Å². The van der Waals surface area contributed by atoms with Crippen LogP contribution in [0.5, 0.6) is 0 Å². The maximum atomic E-state index is 11.8. The summed E-state index contributed by atoms with van der Waals surface area (Å²) in [7, 11) is -3.00. The van der Waals surface area contributed by atoms with Gasteiger partial charge >= 0.3 is 0 Å². The van der Waals surface area contributed by atoms with Crippen LogP contribution in [0.25, 0.3) is 0 Å². The van der Waals surface area contributed by atoms with Gasteiger partial charge in [0.15, 0.2) is 9.84 Å². The molecule has 5 heteroatoms. The average Bonchev–Trinajstić information content (AvgIpc) is 2.32. The number of nitrogens with two attached hydrogens (primary N) is 1. The lowest BCUT2D eigenvalue weighted by Crippen LogP contribution is -2.50. The highest BCUT2D eigenvalue weighted by Crippen LogP contribution is 2.22. The third-order valence-corrected chi connectivity index (χ3v) is 5.81. The Hall–Kier alpha value is -1.07. The molecule has 0 saturated carbocycles. The maximum Gasteiger partial charge on any atom is 0.157 e. The first-order chi connectivity index (χ1) is 8.44. The van der Waals surface area contributed by atoms with Gasteiger partial charge in [-0.05, 0) is 37.1 Å². The molecule has 4 nitrogen and oxygen atoms in total. The van der Waals surface area contributed by atoms with E-state index in [2.05, 4.69) is 30.9 Å². The SMILES string of the molecule is Cc1ccc(N2CCS(=O)(=O)C(CN)C2)cc1C. The molecule has 2 rings (SSSR count). The van der Waals surface area contributed by atoms with Gasteiger partial charge < -0.3 is 10.6 Å². The van der Waals surface area contributed by atoms with E-state index in [4.69, 9.17) is 5.73 Å². The van der Waals surface area contributed by atoms with E-state index in [-0.39, 0.29) is 12.3 Å². The molecular weight excluding hydrogens is 248 g/mol. The second-order valence-electron chi connectivity index (χ2n) is 4.94. The molecule has 1 aliphatic heterocycles. The fourth-order valence-corrected chi connectivity index (χ4v) is 3.74. The molecule has 0 spiro atoms. The highest BCUT2D eigenvalue weighted by Gasteiger charge is 2.31. The molecule has 0 aliphatic carbocycles. The topological polar surface area (TPSA) is 63.4 Å². The molecule has 1 aliphatic rings. The Labute approximate surface area is 109 Å². The zero-order chi connectivity index (χ0) is 13.3. The lowest BCUT2D eigenvalue weighted by atomic mass is 10.1. The van der Waals surface area contributed by atoms with Gasteiger partial charge in [0.2, 0.25) is 0 Å². The Morgan fingerprint density at radius 2 is 2.06 bits per heavy atom. The van der Waals surface area contributed by atoms with Gasteiger partial charge in [0, 0.05) is 25.3 Å². The summed E-state index contributed by atoms with van der Waals surface area (Å²) in [6.45, 7) is 5.40. The second-order valence-corrected chi connectivity index (χ2v) is 7.34. The Balaban J connectivity index is 2.23. The van der Waals surface area contributed by atoms with Crippen LogP contribution in [-0.2, 0) is 9.84 Å². The van der Waals surface area contributed by atoms with Crippen molar-refractivity contribution < 1.29 is 8.42 Å². The van der Waals surface area contributed by atoms with E-state index in [0.717, 1.165) is 5.69 Å². The first kappa shape index (κ1) is 13.4. The fourth-order valence-electron chi connectivity index (χ4n) is 2.23.